The minimum absolute atomic E-state index is 0.00476. The van der Waals surface area contributed by atoms with Crippen LogP contribution in [-0.4, -0.2) is 50.3 Å². The fourth-order valence-electron chi connectivity index (χ4n) is 2.07. The van der Waals surface area contributed by atoms with E-state index in [0.29, 0.717) is 4.70 Å². The van der Waals surface area contributed by atoms with E-state index in [4.69, 9.17) is 25.4 Å². The average Bonchev–Trinajstić information content (AvgIpc) is 3.13. The van der Waals surface area contributed by atoms with Crippen molar-refractivity contribution in [2.45, 2.75) is 30.3 Å². The number of thiazole rings is 1. The van der Waals surface area contributed by atoms with Gasteiger partial charge >= 0.3 is 7.60 Å². The molecule has 0 radical (unpaired) electrons. The minimum atomic E-state index is -4.34. The van der Waals surface area contributed by atoms with Gasteiger partial charge in [-0.3, -0.25) is 4.57 Å². The molecule has 0 bridgehead atoms. The van der Waals surface area contributed by atoms with E-state index in [2.05, 4.69) is 29.7 Å². The van der Waals surface area contributed by atoms with Crippen molar-refractivity contribution < 1.29 is 32.0 Å². The lowest BCUT2D eigenvalue weighted by Gasteiger charge is -2.15. The Bertz CT molecular complexity index is 1150. The van der Waals surface area contributed by atoms with Crippen molar-refractivity contribution in [3.8, 4) is 11.5 Å². The average molecular weight is 506 g/mol. The summed E-state index contributed by atoms with van der Waals surface area (Å²) in [7, 11) is -8.44. The number of nitrogens with one attached hydrogen (secondary N) is 1. The van der Waals surface area contributed by atoms with E-state index in [1.807, 2.05) is 0 Å². The number of ether oxygens (including phenoxy) is 2. The van der Waals surface area contributed by atoms with Gasteiger partial charge in [-0.2, -0.15) is 0 Å². The van der Waals surface area contributed by atoms with Crippen molar-refractivity contribution in [2.75, 3.05) is 19.9 Å². The van der Waals surface area contributed by atoms with Gasteiger partial charge in [-0.25, -0.2) is 18.0 Å². The molecule has 0 aliphatic carbocycles. The summed E-state index contributed by atoms with van der Waals surface area (Å²) >= 11 is 0.758. The summed E-state index contributed by atoms with van der Waals surface area (Å²) in [5.41, 5.74) is 17.3. The monoisotopic (exact) mass is 506 g/mol. The molecule has 174 valence electrons. The Kier molecular flexibility index (Phi) is 8.66. The van der Waals surface area contributed by atoms with Crippen LogP contribution in [0.25, 0.3) is 31.1 Å². The number of hydrogen-bond donors (Lipinski definition) is 2. The SMILES string of the molecule is CC(COc1cc2nc(S(=O)(=O)NOP(C)(=O)O)sc2cc1OCC(C)N=[N+]=[N-])N=[N+]=[N-]. The third-order valence-electron chi connectivity index (χ3n) is 3.44. The third kappa shape index (κ3) is 7.51. The number of benzene rings is 1. The number of nitrogens with zero attached hydrogens (tertiary/aromatic N) is 7. The Morgan fingerprint density at radius 3 is 2.22 bits per heavy atom. The zero-order valence-electron chi connectivity index (χ0n) is 17.0. The summed E-state index contributed by atoms with van der Waals surface area (Å²) in [5, 5.41) is 7.02. The normalized spacial score (nSPS) is 15.1. The molecule has 32 heavy (non-hydrogen) atoms. The Balaban J connectivity index is 2.39. The molecule has 18 heteroatoms. The van der Waals surface area contributed by atoms with Gasteiger partial charge < -0.3 is 14.4 Å². The maximum Gasteiger partial charge on any atom is 0.342 e. The van der Waals surface area contributed by atoms with E-state index >= 15 is 0 Å². The minimum Gasteiger partial charge on any atom is -0.489 e. The largest absolute Gasteiger partial charge is 0.489 e. The molecule has 3 atom stereocenters. The standard InChI is InChI=1S/C14H19N8O7PS2/c1-8(18-20-15)6-27-11-4-10-13(5-12(11)28-7-9(2)19-21-16)31-14(17-10)32(25,26)22-29-30(3,23)24/h4-5,8-9,22H,6-7H2,1-3H3,(H,23,24). The summed E-state index contributed by atoms with van der Waals surface area (Å²) in [4.78, 5) is 20.1. The van der Waals surface area contributed by atoms with Gasteiger partial charge in [0, 0.05) is 28.6 Å². The lowest BCUT2D eigenvalue weighted by Crippen LogP contribution is -2.22. The van der Waals surface area contributed by atoms with E-state index < -0.39 is 34.0 Å². The van der Waals surface area contributed by atoms with Gasteiger partial charge in [-0.15, -0.1) is 11.3 Å². The van der Waals surface area contributed by atoms with Gasteiger partial charge in [-0.05, 0) is 11.1 Å². The van der Waals surface area contributed by atoms with Crippen LogP contribution >= 0.6 is 18.9 Å². The van der Waals surface area contributed by atoms with Crippen molar-refractivity contribution in [3.63, 3.8) is 0 Å². The molecule has 0 amide bonds. The van der Waals surface area contributed by atoms with Gasteiger partial charge in [0.05, 0.1) is 35.5 Å². The van der Waals surface area contributed by atoms with E-state index in [1.54, 1.807) is 18.7 Å². The first-order chi connectivity index (χ1) is 14.9. The first-order valence-electron chi connectivity index (χ1n) is 8.74. The Morgan fingerprint density at radius 2 is 1.72 bits per heavy atom. The molecule has 1 aromatic heterocycles. The van der Waals surface area contributed by atoms with Crippen LogP contribution in [0.1, 0.15) is 13.8 Å². The fourth-order valence-corrected chi connectivity index (χ4v) is 4.83. The van der Waals surface area contributed by atoms with Gasteiger partial charge in [0.25, 0.3) is 10.0 Å². The van der Waals surface area contributed by atoms with Gasteiger partial charge in [0.1, 0.15) is 0 Å². The van der Waals surface area contributed by atoms with Crippen LogP contribution in [0, 0.1) is 0 Å². The predicted molar refractivity (Wildman–Crippen MR) is 115 cm³/mol. The molecular weight excluding hydrogens is 487 g/mol. The van der Waals surface area contributed by atoms with Gasteiger partial charge in [0.15, 0.2) is 11.5 Å². The highest BCUT2D eigenvalue weighted by molar-refractivity contribution is 7.91. The zero-order chi connectivity index (χ0) is 23.9. The van der Waals surface area contributed by atoms with Crippen molar-refractivity contribution in [1.29, 1.82) is 0 Å². The van der Waals surface area contributed by atoms with Crippen LogP contribution in [0.3, 0.4) is 0 Å². The van der Waals surface area contributed by atoms with Crippen molar-refractivity contribution in [1.82, 2.24) is 9.87 Å². The van der Waals surface area contributed by atoms with E-state index in [0.717, 1.165) is 18.0 Å². The van der Waals surface area contributed by atoms with E-state index in [1.165, 1.54) is 12.1 Å². The number of rotatable bonds is 12. The molecule has 0 spiro atoms. The lowest BCUT2D eigenvalue weighted by atomic mass is 10.3. The van der Waals surface area contributed by atoms with E-state index in [-0.39, 0.29) is 30.2 Å². The van der Waals surface area contributed by atoms with E-state index in [9.17, 15) is 13.0 Å². The Hall–Kier alpha value is -2.61. The summed E-state index contributed by atoms with van der Waals surface area (Å²) in [5.74, 6) is 0.411. The first-order valence-corrected chi connectivity index (χ1v) is 13.1. The summed E-state index contributed by atoms with van der Waals surface area (Å²) in [6.45, 7) is 4.11. The van der Waals surface area contributed by atoms with Crippen LogP contribution in [-0.2, 0) is 19.2 Å². The topological polar surface area (TPSA) is 222 Å². The molecule has 15 nitrogen and oxygen atoms in total. The summed E-state index contributed by atoms with van der Waals surface area (Å²) in [6, 6.07) is 1.92. The van der Waals surface area contributed by atoms with Crippen LogP contribution in [0.2, 0.25) is 0 Å². The number of sulfonamides is 1. The second-order valence-electron chi connectivity index (χ2n) is 6.46. The number of azide groups is 2. The van der Waals surface area contributed by atoms with Crippen molar-refractivity contribution in [3.05, 3.63) is 33.0 Å². The smallest absolute Gasteiger partial charge is 0.342 e. The maximum absolute atomic E-state index is 12.3. The molecule has 2 aromatic rings. The Morgan fingerprint density at radius 1 is 1.19 bits per heavy atom. The number of fused-ring (bicyclic) bond motifs is 1. The van der Waals surface area contributed by atoms with Crippen LogP contribution < -0.4 is 14.4 Å². The fraction of sp³-hybridized carbons (Fsp3) is 0.500. The highest BCUT2D eigenvalue weighted by Crippen LogP contribution is 2.38. The molecule has 0 saturated carbocycles. The zero-order valence-corrected chi connectivity index (χ0v) is 19.5. The summed E-state index contributed by atoms with van der Waals surface area (Å²) < 4.78 is 51.4. The van der Waals surface area contributed by atoms with Crippen LogP contribution in [0.5, 0.6) is 11.5 Å². The molecule has 3 unspecified atom stereocenters. The second-order valence-corrected chi connectivity index (χ2v) is 11.1. The highest BCUT2D eigenvalue weighted by Gasteiger charge is 2.24. The van der Waals surface area contributed by atoms with Crippen LogP contribution in [0.15, 0.2) is 26.7 Å². The Labute approximate surface area is 186 Å². The third-order valence-corrected chi connectivity index (χ3v) is 6.57. The molecule has 0 fully saturated rings. The molecule has 1 heterocycles. The quantitative estimate of drug-likeness (QED) is 0.142. The lowest BCUT2D eigenvalue weighted by molar-refractivity contribution is 0.228. The van der Waals surface area contributed by atoms with Gasteiger partial charge in [-0.1, -0.05) is 29.0 Å². The van der Waals surface area contributed by atoms with Crippen molar-refractivity contribution in [2.24, 2.45) is 10.2 Å². The van der Waals surface area contributed by atoms with Crippen molar-refractivity contribution >= 4 is 39.2 Å². The van der Waals surface area contributed by atoms with Gasteiger partial charge in [0.2, 0.25) is 4.34 Å². The molecule has 0 saturated heterocycles. The number of aromatic nitrogens is 1. The second kappa shape index (κ2) is 10.8. The molecule has 0 aliphatic rings. The molecule has 1 aromatic carbocycles. The van der Waals surface area contributed by atoms with Crippen LogP contribution in [0.4, 0.5) is 0 Å². The molecular formula is C14H19N8O7PS2. The number of hydrogen-bond acceptors (Lipinski definition) is 10. The molecule has 2 N–H and O–H groups in total. The highest BCUT2D eigenvalue weighted by atomic mass is 32.2. The maximum atomic E-state index is 12.3. The molecule has 2 rings (SSSR count). The predicted octanol–water partition coefficient (Wildman–Crippen LogP) is 3.48. The molecule has 0 aliphatic heterocycles. The summed E-state index contributed by atoms with van der Waals surface area (Å²) in [6.07, 6.45) is 0. The first kappa shape index (κ1) is 25.6.